The highest BCUT2D eigenvalue weighted by atomic mass is 35.5. The van der Waals surface area contributed by atoms with Crippen LogP contribution in [0.4, 0.5) is 0 Å². The maximum atomic E-state index is 11.1. The summed E-state index contributed by atoms with van der Waals surface area (Å²) in [5.41, 5.74) is 0. The SMILES string of the molecule is C=CCC(C)OC(=O)C(Cl)CC. The van der Waals surface area contributed by atoms with Crippen LogP contribution in [0.1, 0.15) is 26.7 Å². The molecule has 12 heavy (non-hydrogen) atoms. The van der Waals surface area contributed by atoms with Crippen LogP contribution in [-0.2, 0) is 9.53 Å². The minimum absolute atomic E-state index is 0.122. The number of carbonyl (C=O) groups is 1. The molecule has 2 unspecified atom stereocenters. The van der Waals surface area contributed by atoms with E-state index in [4.69, 9.17) is 16.3 Å². The number of hydrogen-bond donors (Lipinski definition) is 0. The number of carbonyl (C=O) groups excluding carboxylic acids is 1. The Morgan fingerprint density at radius 3 is 2.75 bits per heavy atom. The van der Waals surface area contributed by atoms with E-state index in [9.17, 15) is 4.79 Å². The normalized spacial score (nSPS) is 14.9. The van der Waals surface area contributed by atoms with Gasteiger partial charge in [0, 0.05) is 6.42 Å². The number of hydrogen-bond acceptors (Lipinski definition) is 2. The Balaban J connectivity index is 3.75. The summed E-state index contributed by atoms with van der Waals surface area (Å²) in [5, 5.41) is -0.516. The van der Waals surface area contributed by atoms with Crippen LogP contribution >= 0.6 is 11.6 Å². The first kappa shape index (κ1) is 11.5. The van der Waals surface area contributed by atoms with Gasteiger partial charge in [-0.15, -0.1) is 18.2 Å². The summed E-state index contributed by atoms with van der Waals surface area (Å²) in [5.74, 6) is -0.339. The quantitative estimate of drug-likeness (QED) is 0.378. The predicted molar refractivity (Wildman–Crippen MR) is 50.3 cm³/mol. The molecule has 0 aromatic heterocycles. The minimum Gasteiger partial charge on any atom is -0.461 e. The molecule has 0 aliphatic rings. The number of esters is 1. The third kappa shape index (κ3) is 4.39. The Labute approximate surface area is 78.5 Å². The molecule has 0 amide bonds. The van der Waals surface area contributed by atoms with E-state index in [2.05, 4.69) is 6.58 Å². The maximum absolute atomic E-state index is 11.1. The van der Waals surface area contributed by atoms with E-state index in [0.717, 1.165) is 0 Å². The van der Waals surface area contributed by atoms with Gasteiger partial charge in [-0.3, -0.25) is 4.79 Å². The summed E-state index contributed by atoms with van der Waals surface area (Å²) in [4.78, 5) is 11.1. The van der Waals surface area contributed by atoms with Crippen molar-refractivity contribution in [3.8, 4) is 0 Å². The van der Waals surface area contributed by atoms with Crippen LogP contribution in [0.5, 0.6) is 0 Å². The van der Waals surface area contributed by atoms with Gasteiger partial charge in [0.25, 0.3) is 0 Å². The molecule has 0 heterocycles. The zero-order chi connectivity index (χ0) is 9.56. The number of ether oxygens (including phenoxy) is 1. The van der Waals surface area contributed by atoms with Gasteiger partial charge in [0.15, 0.2) is 0 Å². The second-order valence-electron chi connectivity index (χ2n) is 2.65. The molecule has 0 saturated carbocycles. The Morgan fingerprint density at radius 2 is 2.33 bits per heavy atom. The zero-order valence-corrected chi connectivity index (χ0v) is 8.30. The molecule has 0 radical (unpaired) electrons. The van der Waals surface area contributed by atoms with Gasteiger partial charge in [0.1, 0.15) is 11.5 Å². The molecule has 0 fully saturated rings. The van der Waals surface area contributed by atoms with Crippen molar-refractivity contribution in [1.29, 1.82) is 0 Å². The van der Waals surface area contributed by atoms with E-state index in [0.29, 0.717) is 12.8 Å². The second kappa shape index (κ2) is 6.06. The van der Waals surface area contributed by atoms with Gasteiger partial charge in [0.05, 0.1) is 0 Å². The summed E-state index contributed by atoms with van der Waals surface area (Å²) >= 11 is 5.66. The van der Waals surface area contributed by atoms with Crippen LogP contribution in [0.2, 0.25) is 0 Å². The number of rotatable bonds is 5. The summed E-state index contributed by atoms with van der Waals surface area (Å²) in [7, 11) is 0. The second-order valence-corrected chi connectivity index (χ2v) is 3.17. The van der Waals surface area contributed by atoms with Crippen molar-refractivity contribution in [3.63, 3.8) is 0 Å². The lowest BCUT2D eigenvalue weighted by Gasteiger charge is -2.12. The molecule has 2 atom stereocenters. The third-order valence-electron chi connectivity index (χ3n) is 1.43. The maximum Gasteiger partial charge on any atom is 0.324 e. The van der Waals surface area contributed by atoms with Crippen molar-refractivity contribution in [1.82, 2.24) is 0 Å². The van der Waals surface area contributed by atoms with E-state index < -0.39 is 5.38 Å². The van der Waals surface area contributed by atoms with Gasteiger partial charge in [-0.1, -0.05) is 13.0 Å². The fourth-order valence-corrected chi connectivity index (χ4v) is 0.773. The van der Waals surface area contributed by atoms with Crippen molar-refractivity contribution in [2.24, 2.45) is 0 Å². The summed E-state index contributed by atoms with van der Waals surface area (Å²) in [6.07, 6.45) is 2.86. The van der Waals surface area contributed by atoms with Crippen LogP contribution in [0.15, 0.2) is 12.7 Å². The van der Waals surface area contributed by atoms with E-state index in [-0.39, 0.29) is 12.1 Å². The molecule has 0 spiro atoms. The molecule has 0 aliphatic heterocycles. The van der Waals surface area contributed by atoms with Crippen molar-refractivity contribution < 1.29 is 9.53 Å². The Morgan fingerprint density at radius 1 is 1.75 bits per heavy atom. The topological polar surface area (TPSA) is 26.3 Å². The molecule has 0 bridgehead atoms. The average Bonchev–Trinajstić information content (AvgIpc) is 2.03. The first-order valence-electron chi connectivity index (χ1n) is 4.07. The number of halogens is 1. The smallest absolute Gasteiger partial charge is 0.324 e. The molecule has 3 heteroatoms. The molecule has 0 N–H and O–H groups in total. The van der Waals surface area contributed by atoms with Gasteiger partial charge in [0.2, 0.25) is 0 Å². The third-order valence-corrected chi connectivity index (χ3v) is 1.92. The Bertz CT molecular complexity index is 157. The minimum atomic E-state index is -0.516. The highest BCUT2D eigenvalue weighted by Crippen LogP contribution is 2.07. The fourth-order valence-electron chi connectivity index (χ4n) is 0.722. The van der Waals surface area contributed by atoms with E-state index in [1.54, 1.807) is 6.08 Å². The molecule has 0 rings (SSSR count). The van der Waals surface area contributed by atoms with E-state index in [1.807, 2.05) is 13.8 Å². The summed E-state index contributed by atoms with van der Waals surface area (Å²) < 4.78 is 5.00. The summed E-state index contributed by atoms with van der Waals surface area (Å²) in [6.45, 7) is 7.21. The lowest BCUT2D eigenvalue weighted by Crippen LogP contribution is -2.22. The largest absolute Gasteiger partial charge is 0.461 e. The monoisotopic (exact) mass is 190 g/mol. The van der Waals surface area contributed by atoms with Gasteiger partial charge >= 0.3 is 5.97 Å². The molecular formula is C9H15ClO2. The van der Waals surface area contributed by atoms with E-state index >= 15 is 0 Å². The van der Waals surface area contributed by atoms with Crippen LogP contribution in [0.3, 0.4) is 0 Å². The first-order chi connectivity index (χ1) is 5.61. The van der Waals surface area contributed by atoms with Gasteiger partial charge in [-0.2, -0.15) is 0 Å². The van der Waals surface area contributed by atoms with Gasteiger partial charge in [-0.05, 0) is 13.3 Å². The van der Waals surface area contributed by atoms with Crippen LogP contribution in [0.25, 0.3) is 0 Å². The standard InChI is InChI=1S/C9H15ClO2/c1-4-6-7(3)12-9(11)8(10)5-2/h4,7-8H,1,5-6H2,2-3H3. The molecular weight excluding hydrogens is 176 g/mol. The highest BCUT2D eigenvalue weighted by molar-refractivity contribution is 6.29. The average molecular weight is 191 g/mol. The lowest BCUT2D eigenvalue weighted by molar-refractivity contribution is -0.147. The molecule has 0 saturated heterocycles. The van der Waals surface area contributed by atoms with Crippen LogP contribution in [0, 0.1) is 0 Å². The molecule has 2 nitrogen and oxygen atoms in total. The van der Waals surface area contributed by atoms with Crippen LogP contribution in [-0.4, -0.2) is 17.5 Å². The highest BCUT2D eigenvalue weighted by Gasteiger charge is 2.16. The van der Waals surface area contributed by atoms with Crippen LogP contribution < -0.4 is 0 Å². The molecule has 0 aromatic rings. The van der Waals surface area contributed by atoms with Crippen molar-refractivity contribution in [2.75, 3.05) is 0 Å². The molecule has 0 aromatic carbocycles. The zero-order valence-electron chi connectivity index (χ0n) is 7.55. The molecule has 70 valence electrons. The Kier molecular flexibility index (Phi) is 5.81. The van der Waals surface area contributed by atoms with Crippen molar-refractivity contribution >= 4 is 17.6 Å². The summed E-state index contributed by atoms with van der Waals surface area (Å²) in [6, 6.07) is 0. The van der Waals surface area contributed by atoms with Crippen molar-refractivity contribution in [2.45, 2.75) is 38.2 Å². The fraction of sp³-hybridized carbons (Fsp3) is 0.667. The number of alkyl halides is 1. The van der Waals surface area contributed by atoms with Crippen molar-refractivity contribution in [3.05, 3.63) is 12.7 Å². The van der Waals surface area contributed by atoms with E-state index in [1.165, 1.54) is 0 Å². The predicted octanol–water partition coefficient (Wildman–Crippen LogP) is 2.51. The molecule has 0 aliphatic carbocycles. The lowest BCUT2D eigenvalue weighted by atomic mass is 10.3. The first-order valence-corrected chi connectivity index (χ1v) is 4.50. The van der Waals surface area contributed by atoms with Gasteiger partial charge < -0.3 is 4.74 Å². The Hall–Kier alpha value is -0.500. The van der Waals surface area contributed by atoms with Gasteiger partial charge in [-0.25, -0.2) is 0 Å².